The quantitative estimate of drug-likeness (QED) is 0.500. The van der Waals surface area contributed by atoms with Crippen LogP contribution in [0.2, 0.25) is 0 Å². The highest BCUT2D eigenvalue weighted by molar-refractivity contribution is 7.99. The van der Waals surface area contributed by atoms with Crippen molar-refractivity contribution in [3.05, 3.63) is 84.4 Å². The SMILES string of the molecule is COc1ccc(Sc2ccc(NC(=O)C=Cc3ccc(NC(C)=O)cc3)cc2)cc1. The first-order valence-corrected chi connectivity index (χ1v) is 10.1. The van der Waals surface area contributed by atoms with Gasteiger partial charge in [0.1, 0.15) is 5.75 Å². The van der Waals surface area contributed by atoms with Crippen LogP contribution in [0.25, 0.3) is 6.08 Å². The molecule has 0 aliphatic rings. The van der Waals surface area contributed by atoms with E-state index in [-0.39, 0.29) is 11.8 Å². The first-order chi connectivity index (χ1) is 14.5. The van der Waals surface area contributed by atoms with Crippen molar-refractivity contribution < 1.29 is 14.3 Å². The topological polar surface area (TPSA) is 67.4 Å². The molecular weight excluding hydrogens is 396 g/mol. The van der Waals surface area contributed by atoms with Gasteiger partial charge < -0.3 is 15.4 Å². The molecule has 0 saturated heterocycles. The molecule has 0 heterocycles. The summed E-state index contributed by atoms with van der Waals surface area (Å²) < 4.78 is 5.17. The van der Waals surface area contributed by atoms with Gasteiger partial charge in [-0.15, -0.1) is 0 Å². The van der Waals surface area contributed by atoms with E-state index < -0.39 is 0 Å². The van der Waals surface area contributed by atoms with E-state index >= 15 is 0 Å². The lowest BCUT2D eigenvalue weighted by molar-refractivity contribution is -0.114. The molecule has 6 heteroatoms. The van der Waals surface area contributed by atoms with Gasteiger partial charge in [0.2, 0.25) is 11.8 Å². The number of benzene rings is 3. The molecular formula is C24H22N2O3S. The summed E-state index contributed by atoms with van der Waals surface area (Å²) in [4.78, 5) is 25.4. The van der Waals surface area contributed by atoms with E-state index in [2.05, 4.69) is 10.6 Å². The van der Waals surface area contributed by atoms with E-state index in [0.717, 1.165) is 32.5 Å². The second-order valence-corrected chi connectivity index (χ2v) is 7.57. The van der Waals surface area contributed by atoms with Gasteiger partial charge in [-0.3, -0.25) is 9.59 Å². The number of anilines is 2. The summed E-state index contributed by atoms with van der Waals surface area (Å²) in [6, 6.07) is 22.8. The number of carbonyl (C=O) groups excluding carboxylic acids is 2. The molecule has 0 spiro atoms. The maximum absolute atomic E-state index is 12.2. The molecule has 0 aliphatic carbocycles. The molecule has 0 aromatic heterocycles. The summed E-state index contributed by atoms with van der Waals surface area (Å²) in [5, 5.41) is 5.55. The Morgan fingerprint density at radius 1 is 0.800 bits per heavy atom. The highest BCUT2D eigenvalue weighted by Crippen LogP contribution is 2.29. The number of carbonyl (C=O) groups is 2. The molecule has 0 atom stereocenters. The molecule has 0 fully saturated rings. The summed E-state index contributed by atoms with van der Waals surface area (Å²) in [6.45, 7) is 1.46. The Labute approximate surface area is 180 Å². The number of hydrogen-bond acceptors (Lipinski definition) is 4. The van der Waals surface area contributed by atoms with Gasteiger partial charge in [0, 0.05) is 34.2 Å². The average molecular weight is 419 g/mol. The van der Waals surface area contributed by atoms with Crippen molar-refractivity contribution in [2.24, 2.45) is 0 Å². The lowest BCUT2D eigenvalue weighted by Crippen LogP contribution is -2.07. The van der Waals surface area contributed by atoms with Crippen molar-refractivity contribution in [1.82, 2.24) is 0 Å². The molecule has 5 nitrogen and oxygen atoms in total. The summed E-state index contributed by atoms with van der Waals surface area (Å²) in [7, 11) is 1.65. The zero-order valence-electron chi connectivity index (χ0n) is 16.7. The number of hydrogen-bond donors (Lipinski definition) is 2. The standard InChI is InChI=1S/C24H22N2O3S/c1-17(27)25-19-6-3-18(4-7-19)5-16-24(28)26-20-8-12-22(13-9-20)30-23-14-10-21(29-2)11-15-23/h3-16H,1-2H3,(H,25,27)(H,26,28). The fraction of sp³-hybridized carbons (Fsp3) is 0.0833. The van der Waals surface area contributed by atoms with Gasteiger partial charge in [0.05, 0.1) is 7.11 Å². The minimum Gasteiger partial charge on any atom is -0.497 e. The Balaban J connectivity index is 1.53. The Hall–Kier alpha value is -3.51. The highest BCUT2D eigenvalue weighted by Gasteiger charge is 2.02. The Bertz CT molecular complexity index is 1030. The van der Waals surface area contributed by atoms with Gasteiger partial charge in [0.15, 0.2) is 0 Å². The van der Waals surface area contributed by atoms with Crippen LogP contribution in [0.3, 0.4) is 0 Å². The molecule has 30 heavy (non-hydrogen) atoms. The minimum atomic E-state index is -0.212. The summed E-state index contributed by atoms with van der Waals surface area (Å²) >= 11 is 1.64. The third-order valence-corrected chi connectivity index (χ3v) is 5.09. The van der Waals surface area contributed by atoms with E-state index in [1.807, 2.05) is 60.7 Å². The first-order valence-electron chi connectivity index (χ1n) is 9.30. The van der Waals surface area contributed by atoms with Crippen LogP contribution < -0.4 is 15.4 Å². The largest absolute Gasteiger partial charge is 0.497 e. The molecule has 3 rings (SSSR count). The Kier molecular flexibility index (Phi) is 7.29. The number of amides is 2. The third kappa shape index (κ3) is 6.53. The van der Waals surface area contributed by atoms with Crippen LogP contribution in [0.5, 0.6) is 5.75 Å². The summed E-state index contributed by atoms with van der Waals surface area (Å²) in [5.74, 6) is 0.497. The van der Waals surface area contributed by atoms with Crippen molar-refractivity contribution in [3.63, 3.8) is 0 Å². The maximum Gasteiger partial charge on any atom is 0.248 e. The van der Waals surface area contributed by atoms with Gasteiger partial charge >= 0.3 is 0 Å². The van der Waals surface area contributed by atoms with E-state index in [4.69, 9.17) is 4.74 Å². The van der Waals surface area contributed by atoms with Crippen molar-refractivity contribution in [1.29, 1.82) is 0 Å². The van der Waals surface area contributed by atoms with Gasteiger partial charge in [-0.1, -0.05) is 23.9 Å². The molecule has 0 saturated carbocycles. The fourth-order valence-electron chi connectivity index (χ4n) is 2.62. The van der Waals surface area contributed by atoms with Crippen molar-refractivity contribution in [3.8, 4) is 5.75 Å². The molecule has 152 valence electrons. The predicted molar refractivity (Wildman–Crippen MR) is 122 cm³/mol. The second-order valence-electron chi connectivity index (χ2n) is 6.43. The molecule has 2 N–H and O–H groups in total. The van der Waals surface area contributed by atoms with Crippen molar-refractivity contribution in [2.75, 3.05) is 17.7 Å². The van der Waals surface area contributed by atoms with Gasteiger partial charge in [-0.25, -0.2) is 0 Å². The second kappa shape index (κ2) is 10.3. The molecule has 0 bridgehead atoms. The zero-order chi connectivity index (χ0) is 21.3. The molecule has 3 aromatic carbocycles. The summed E-state index contributed by atoms with van der Waals surface area (Å²) in [5.41, 5.74) is 2.31. The Morgan fingerprint density at radius 3 is 1.90 bits per heavy atom. The highest BCUT2D eigenvalue weighted by atomic mass is 32.2. The van der Waals surface area contributed by atoms with Crippen molar-refractivity contribution in [2.45, 2.75) is 16.7 Å². The number of rotatable bonds is 7. The average Bonchev–Trinajstić information content (AvgIpc) is 2.75. The predicted octanol–water partition coefficient (Wildman–Crippen LogP) is 5.46. The molecule has 0 radical (unpaired) electrons. The molecule has 0 aliphatic heterocycles. The van der Waals surface area contributed by atoms with Gasteiger partial charge in [0.25, 0.3) is 0 Å². The van der Waals surface area contributed by atoms with E-state index in [1.54, 1.807) is 37.1 Å². The Morgan fingerprint density at radius 2 is 1.33 bits per heavy atom. The lowest BCUT2D eigenvalue weighted by atomic mass is 10.2. The van der Waals surface area contributed by atoms with Gasteiger partial charge in [-0.2, -0.15) is 0 Å². The third-order valence-electron chi connectivity index (χ3n) is 4.08. The van der Waals surface area contributed by atoms with Crippen LogP contribution in [0.1, 0.15) is 12.5 Å². The smallest absolute Gasteiger partial charge is 0.248 e. The number of nitrogens with one attached hydrogen (secondary N) is 2. The van der Waals surface area contributed by atoms with Gasteiger partial charge in [-0.05, 0) is 72.3 Å². The zero-order valence-corrected chi connectivity index (χ0v) is 17.5. The van der Waals surface area contributed by atoms with Crippen molar-refractivity contribution >= 4 is 41.0 Å². The van der Waals surface area contributed by atoms with Crippen LogP contribution in [0.15, 0.2) is 88.7 Å². The minimum absolute atomic E-state index is 0.119. The monoisotopic (exact) mass is 418 g/mol. The van der Waals surface area contributed by atoms with Crippen LogP contribution in [-0.4, -0.2) is 18.9 Å². The van der Waals surface area contributed by atoms with Crippen LogP contribution in [0, 0.1) is 0 Å². The molecule has 0 unspecified atom stereocenters. The molecule has 3 aromatic rings. The fourth-order valence-corrected chi connectivity index (χ4v) is 3.44. The van der Waals surface area contributed by atoms with Crippen LogP contribution in [-0.2, 0) is 9.59 Å². The molecule has 2 amide bonds. The van der Waals surface area contributed by atoms with Crippen LogP contribution in [0.4, 0.5) is 11.4 Å². The van der Waals surface area contributed by atoms with E-state index in [1.165, 1.54) is 13.0 Å². The lowest BCUT2D eigenvalue weighted by Gasteiger charge is -2.06. The maximum atomic E-state index is 12.2. The number of ether oxygens (including phenoxy) is 1. The van der Waals surface area contributed by atoms with E-state index in [9.17, 15) is 9.59 Å². The van der Waals surface area contributed by atoms with Crippen LogP contribution >= 0.6 is 11.8 Å². The number of methoxy groups -OCH3 is 1. The summed E-state index contributed by atoms with van der Waals surface area (Å²) in [6.07, 6.45) is 3.20. The normalized spacial score (nSPS) is 10.6. The first kappa shape index (κ1) is 21.2. The van der Waals surface area contributed by atoms with E-state index in [0.29, 0.717) is 0 Å².